The number of likely N-dealkylation sites (tertiary alicyclic amines) is 1. The quantitative estimate of drug-likeness (QED) is 0.609. The van der Waals surface area contributed by atoms with Crippen LogP contribution in [0.15, 0.2) is 48.5 Å². The Labute approximate surface area is 213 Å². The van der Waals surface area contributed by atoms with E-state index in [1.54, 1.807) is 24.1 Å². The number of rotatable bonds is 8. The summed E-state index contributed by atoms with van der Waals surface area (Å²) in [5.41, 5.74) is 2.66. The maximum absolute atomic E-state index is 13.8. The number of aryl methyl sites for hydroxylation is 1. The molecule has 2 heterocycles. The van der Waals surface area contributed by atoms with Crippen LogP contribution in [0.5, 0.6) is 0 Å². The summed E-state index contributed by atoms with van der Waals surface area (Å²) < 4.78 is 18.8. The molecule has 36 heavy (non-hydrogen) atoms. The van der Waals surface area contributed by atoms with Crippen molar-refractivity contribution in [3.8, 4) is 0 Å². The van der Waals surface area contributed by atoms with Crippen molar-refractivity contribution in [1.82, 2.24) is 20.0 Å². The number of methoxy groups -OCH3 is 1. The highest BCUT2D eigenvalue weighted by atomic mass is 19.1. The van der Waals surface area contributed by atoms with Crippen molar-refractivity contribution < 1.29 is 18.7 Å². The second kappa shape index (κ2) is 12.4. The number of hydrogen-bond donors (Lipinski definition) is 1. The second-order valence-electron chi connectivity index (χ2n) is 9.75. The molecule has 194 valence electrons. The smallest absolute Gasteiger partial charge is 0.254 e. The molecule has 2 atom stereocenters. The van der Waals surface area contributed by atoms with Crippen LogP contribution < -0.4 is 5.32 Å². The fourth-order valence-corrected chi connectivity index (χ4v) is 5.10. The highest BCUT2D eigenvalue weighted by Gasteiger charge is 2.43. The Balaban J connectivity index is 1.59. The van der Waals surface area contributed by atoms with E-state index >= 15 is 0 Å². The Bertz CT molecular complexity index is 1010. The van der Waals surface area contributed by atoms with Crippen LogP contribution in [-0.2, 0) is 16.1 Å². The van der Waals surface area contributed by atoms with Gasteiger partial charge in [-0.1, -0.05) is 29.8 Å². The maximum atomic E-state index is 13.8. The molecule has 2 saturated heterocycles. The molecule has 0 bridgehead atoms. The zero-order chi connectivity index (χ0) is 25.5. The van der Waals surface area contributed by atoms with E-state index < -0.39 is 6.04 Å². The lowest BCUT2D eigenvalue weighted by molar-refractivity contribution is -0.135. The Morgan fingerprint density at radius 3 is 2.56 bits per heavy atom. The molecule has 2 fully saturated rings. The van der Waals surface area contributed by atoms with Gasteiger partial charge in [-0.2, -0.15) is 0 Å². The predicted molar refractivity (Wildman–Crippen MR) is 137 cm³/mol. The average Bonchev–Trinajstić information content (AvgIpc) is 3.14. The summed E-state index contributed by atoms with van der Waals surface area (Å²) in [7, 11) is 1.66. The van der Waals surface area contributed by atoms with E-state index in [1.807, 2.05) is 36.1 Å². The molecule has 0 aliphatic carbocycles. The Kier molecular flexibility index (Phi) is 9.07. The molecule has 0 spiro atoms. The minimum absolute atomic E-state index is 0.0151. The summed E-state index contributed by atoms with van der Waals surface area (Å²) >= 11 is 0. The van der Waals surface area contributed by atoms with Gasteiger partial charge in [-0.25, -0.2) is 4.39 Å². The number of hydrogen-bond acceptors (Lipinski definition) is 5. The number of nitrogens with one attached hydrogen (secondary N) is 1. The van der Waals surface area contributed by atoms with Crippen molar-refractivity contribution in [3.63, 3.8) is 0 Å². The molecular weight excluding hydrogens is 459 g/mol. The Hall–Kier alpha value is -2.81. The van der Waals surface area contributed by atoms with E-state index in [-0.39, 0.29) is 23.7 Å². The highest BCUT2D eigenvalue weighted by molar-refractivity contribution is 5.98. The standard InChI is InChI=1S/C28H37FN4O3/c1-21-4-8-23(9-5-21)27(34)33-20-25(18-26(33)28(35)31-14-3-12-30-13-15-31)32(16-17-36-2)19-22-6-10-24(29)11-7-22/h4-11,25-26,30H,3,12-20H2,1-2H3. The van der Waals surface area contributed by atoms with Gasteiger partial charge in [0.1, 0.15) is 11.9 Å². The molecule has 8 heteroatoms. The molecule has 2 aromatic rings. The minimum atomic E-state index is -0.514. The molecule has 0 aromatic heterocycles. The third kappa shape index (κ3) is 6.49. The first kappa shape index (κ1) is 26.3. The molecule has 7 nitrogen and oxygen atoms in total. The maximum Gasteiger partial charge on any atom is 0.254 e. The number of nitrogens with zero attached hydrogens (tertiary/aromatic N) is 3. The van der Waals surface area contributed by atoms with Gasteiger partial charge in [0.15, 0.2) is 0 Å². The zero-order valence-electron chi connectivity index (χ0n) is 21.3. The Morgan fingerprint density at radius 1 is 1.08 bits per heavy atom. The second-order valence-corrected chi connectivity index (χ2v) is 9.75. The normalized spacial score (nSPS) is 20.6. The Morgan fingerprint density at radius 2 is 1.83 bits per heavy atom. The summed E-state index contributed by atoms with van der Waals surface area (Å²) in [6.45, 7) is 7.22. The van der Waals surface area contributed by atoms with Gasteiger partial charge in [-0.05, 0) is 56.1 Å². The molecule has 2 aliphatic heterocycles. The van der Waals surface area contributed by atoms with E-state index in [2.05, 4.69) is 10.2 Å². The summed E-state index contributed by atoms with van der Waals surface area (Å²) in [4.78, 5) is 33.3. The SMILES string of the molecule is COCCN(Cc1ccc(F)cc1)C1CC(C(=O)N2CCCNCC2)N(C(=O)c2ccc(C)cc2)C1. The van der Waals surface area contributed by atoms with Gasteiger partial charge >= 0.3 is 0 Å². The number of ether oxygens (including phenoxy) is 1. The number of carbonyl (C=O) groups excluding carboxylic acids is 2. The van der Waals surface area contributed by atoms with Crippen molar-refractivity contribution in [2.45, 2.75) is 38.4 Å². The summed E-state index contributed by atoms with van der Waals surface area (Å²) in [5.74, 6) is -0.358. The molecule has 4 rings (SSSR count). The summed E-state index contributed by atoms with van der Waals surface area (Å²) in [6.07, 6.45) is 1.46. The van der Waals surface area contributed by atoms with Crippen LogP contribution in [-0.4, -0.2) is 91.6 Å². The molecular formula is C28H37FN4O3. The fourth-order valence-electron chi connectivity index (χ4n) is 5.10. The predicted octanol–water partition coefficient (Wildman–Crippen LogP) is 2.69. The van der Waals surface area contributed by atoms with Gasteiger partial charge in [-0.3, -0.25) is 14.5 Å². The van der Waals surface area contributed by atoms with Crippen LogP contribution in [0.2, 0.25) is 0 Å². The summed E-state index contributed by atoms with van der Waals surface area (Å²) in [5, 5.41) is 3.35. The molecule has 2 amide bonds. The van der Waals surface area contributed by atoms with Crippen molar-refractivity contribution in [1.29, 1.82) is 0 Å². The van der Waals surface area contributed by atoms with Gasteiger partial charge in [0.2, 0.25) is 5.91 Å². The molecule has 2 aromatic carbocycles. The van der Waals surface area contributed by atoms with E-state index in [0.717, 1.165) is 30.6 Å². The van der Waals surface area contributed by atoms with E-state index in [9.17, 15) is 14.0 Å². The van der Waals surface area contributed by atoms with Gasteiger partial charge in [-0.15, -0.1) is 0 Å². The van der Waals surface area contributed by atoms with Crippen molar-refractivity contribution in [2.24, 2.45) is 0 Å². The van der Waals surface area contributed by atoms with E-state index in [4.69, 9.17) is 4.74 Å². The molecule has 2 aliphatic rings. The van der Waals surface area contributed by atoms with Crippen molar-refractivity contribution in [3.05, 3.63) is 71.0 Å². The number of carbonyl (C=O) groups is 2. The number of halogens is 1. The monoisotopic (exact) mass is 496 g/mol. The molecule has 0 saturated carbocycles. The first-order valence-corrected chi connectivity index (χ1v) is 12.8. The first-order valence-electron chi connectivity index (χ1n) is 12.8. The molecule has 0 radical (unpaired) electrons. The van der Waals surface area contributed by atoms with Crippen molar-refractivity contribution >= 4 is 11.8 Å². The van der Waals surface area contributed by atoms with Crippen LogP contribution in [0.4, 0.5) is 4.39 Å². The lowest BCUT2D eigenvalue weighted by atomic mass is 10.1. The van der Waals surface area contributed by atoms with Crippen LogP contribution in [0.1, 0.15) is 34.3 Å². The van der Waals surface area contributed by atoms with Gasteiger partial charge in [0, 0.05) is 58.0 Å². The van der Waals surface area contributed by atoms with E-state index in [0.29, 0.717) is 51.3 Å². The minimum Gasteiger partial charge on any atom is -0.383 e. The first-order chi connectivity index (χ1) is 17.5. The average molecular weight is 497 g/mol. The fraction of sp³-hybridized carbons (Fsp3) is 0.500. The topological polar surface area (TPSA) is 65.1 Å². The summed E-state index contributed by atoms with van der Waals surface area (Å²) in [6, 6.07) is 13.5. The van der Waals surface area contributed by atoms with Crippen molar-refractivity contribution in [2.75, 3.05) is 53.0 Å². The van der Waals surface area contributed by atoms with E-state index in [1.165, 1.54) is 12.1 Å². The third-order valence-electron chi connectivity index (χ3n) is 7.17. The third-order valence-corrected chi connectivity index (χ3v) is 7.17. The van der Waals surface area contributed by atoms with Gasteiger partial charge in [0.05, 0.1) is 6.61 Å². The molecule has 2 unspecified atom stereocenters. The van der Waals surface area contributed by atoms with Gasteiger partial charge in [0.25, 0.3) is 5.91 Å². The lowest BCUT2D eigenvalue weighted by Gasteiger charge is -2.29. The van der Waals surface area contributed by atoms with Gasteiger partial charge < -0.3 is 19.9 Å². The van der Waals surface area contributed by atoms with Crippen LogP contribution in [0, 0.1) is 12.7 Å². The van der Waals surface area contributed by atoms with Crippen LogP contribution in [0.3, 0.4) is 0 Å². The lowest BCUT2D eigenvalue weighted by Crippen LogP contribution is -2.48. The number of amides is 2. The van der Waals surface area contributed by atoms with Crippen LogP contribution in [0.25, 0.3) is 0 Å². The largest absolute Gasteiger partial charge is 0.383 e. The van der Waals surface area contributed by atoms with Crippen LogP contribution >= 0.6 is 0 Å². The number of benzene rings is 2. The molecule has 1 N–H and O–H groups in total. The highest BCUT2D eigenvalue weighted by Crippen LogP contribution is 2.27. The zero-order valence-corrected chi connectivity index (χ0v) is 21.3.